The first kappa shape index (κ1) is 10.5. The van der Waals surface area contributed by atoms with Crippen LogP contribution in [0.5, 0.6) is 0 Å². The zero-order chi connectivity index (χ0) is 10.4. The molecule has 0 radical (unpaired) electrons. The van der Waals surface area contributed by atoms with Crippen molar-refractivity contribution in [2.45, 2.75) is 20.3 Å². The summed E-state index contributed by atoms with van der Waals surface area (Å²) in [6.07, 6.45) is 4.46. The lowest BCUT2D eigenvalue weighted by Gasteiger charge is -2.11. The molecule has 1 aromatic rings. The number of hydrogen-bond acceptors (Lipinski definition) is 3. The Labute approximate surface area is 84.8 Å². The number of rotatable bonds is 4. The van der Waals surface area contributed by atoms with Crippen molar-refractivity contribution in [2.75, 3.05) is 11.9 Å². The highest BCUT2D eigenvalue weighted by Crippen LogP contribution is 2.12. The number of anilines is 1. The molecule has 1 N–H and O–H groups in total. The molecule has 74 valence electrons. The van der Waals surface area contributed by atoms with Crippen LogP contribution in [-0.4, -0.2) is 11.5 Å². The summed E-state index contributed by atoms with van der Waals surface area (Å²) in [5, 5.41) is 12.1. The molecule has 1 rings (SSSR count). The van der Waals surface area contributed by atoms with E-state index in [0.29, 0.717) is 11.5 Å². The number of pyridine rings is 1. The number of aromatic nitrogens is 1. The van der Waals surface area contributed by atoms with E-state index in [0.717, 1.165) is 18.7 Å². The van der Waals surface area contributed by atoms with E-state index >= 15 is 0 Å². The summed E-state index contributed by atoms with van der Waals surface area (Å²) < 4.78 is 0. The van der Waals surface area contributed by atoms with Crippen molar-refractivity contribution in [3.05, 3.63) is 24.0 Å². The number of nitrogens with one attached hydrogen (secondary N) is 1. The van der Waals surface area contributed by atoms with E-state index in [1.165, 1.54) is 0 Å². The highest BCUT2D eigenvalue weighted by atomic mass is 14.9. The summed E-state index contributed by atoms with van der Waals surface area (Å²) in [6.45, 7) is 5.22. The van der Waals surface area contributed by atoms with Crippen molar-refractivity contribution in [2.24, 2.45) is 5.92 Å². The molecule has 1 aromatic heterocycles. The van der Waals surface area contributed by atoms with Gasteiger partial charge in [0.2, 0.25) is 0 Å². The van der Waals surface area contributed by atoms with Gasteiger partial charge in [-0.3, -0.25) is 4.98 Å². The maximum atomic E-state index is 8.82. The Hall–Kier alpha value is -1.56. The van der Waals surface area contributed by atoms with Gasteiger partial charge in [0, 0.05) is 12.7 Å². The van der Waals surface area contributed by atoms with Crippen LogP contribution in [0.1, 0.15) is 25.8 Å². The third-order valence-electron chi connectivity index (χ3n) is 2.28. The maximum Gasteiger partial charge on any atom is 0.101 e. The quantitative estimate of drug-likeness (QED) is 0.791. The fourth-order valence-electron chi connectivity index (χ4n) is 1.06. The average Bonchev–Trinajstić information content (AvgIpc) is 2.26. The second-order valence-corrected chi connectivity index (χ2v) is 3.43. The van der Waals surface area contributed by atoms with Crippen LogP contribution < -0.4 is 5.32 Å². The van der Waals surface area contributed by atoms with Gasteiger partial charge in [-0.1, -0.05) is 20.3 Å². The third-order valence-corrected chi connectivity index (χ3v) is 2.28. The lowest BCUT2D eigenvalue weighted by Crippen LogP contribution is -2.11. The van der Waals surface area contributed by atoms with E-state index in [1.54, 1.807) is 18.5 Å². The topological polar surface area (TPSA) is 48.7 Å². The normalized spacial score (nSPS) is 11.8. The first-order valence-electron chi connectivity index (χ1n) is 4.86. The fourth-order valence-corrected chi connectivity index (χ4v) is 1.06. The largest absolute Gasteiger partial charge is 0.382 e. The summed E-state index contributed by atoms with van der Waals surface area (Å²) >= 11 is 0. The molecular formula is C11H15N3. The van der Waals surface area contributed by atoms with Gasteiger partial charge in [-0.25, -0.2) is 0 Å². The fraction of sp³-hybridized carbons (Fsp3) is 0.455. The van der Waals surface area contributed by atoms with E-state index in [1.807, 2.05) is 0 Å². The second-order valence-electron chi connectivity index (χ2n) is 3.43. The molecular weight excluding hydrogens is 174 g/mol. The molecule has 0 spiro atoms. The molecule has 1 atom stereocenters. The molecule has 3 nitrogen and oxygen atoms in total. The number of hydrogen-bond donors (Lipinski definition) is 1. The molecule has 0 aromatic carbocycles. The predicted molar refractivity (Wildman–Crippen MR) is 56.9 cm³/mol. The third kappa shape index (κ3) is 2.74. The Kier molecular flexibility index (Phi) is 3.93. The van der Waals surface area contributed by atoms with Gasteiger partial charge < -0.3 is 5.32 Å². The Morgan fingerprint density at radius 3 is 3.07 bits per heavy atom. The summed E-state index contributed by atoms with van der Waals surface area (Å²) in [4.78, 5) is 3.98. The molecule has 0 saturated heterocycles. The average molecular weight is 189 g/mol. The van der Waals surface area contributed by atoms with E-state index < -0.39 is 0 Å². The van der Waals surface area contributed by atoms with Crippen LogP contribution >= 0.6 is 0 Å². The van der Waals surface area contributed by atoms with Crippen molar-refractivity contribution in [3.63, 3.8) is 0 Å². The van der Waals surface area contributed by atoms with Crippen molar-refractivity contribution >= 4 is 5.69 Å². The van der Waals surface area contributed by atoms with Gasteiger partial charge in [0.05, 0.1) is 17.4 Å². The van der Waals surface area contributed by atoms with Crippen molar-refractivity contribution in [3.8, 4) is 6.07 Å². The second kappa shape index (κ2) is 5.23. The Morgan fingerprint density at radius 2 is 2.43 bits per heavy atom. The van der Waals surface area contributed by atoms with E-state index in [2.05, 4.69) is 30.2 Å². The molecule has 0 fully saturated rings. The van der Waals surface area contributed by atoms with Crippen LogP contribution in [0.2, 0.25) is 0 Å². The zero-order valence-corrected chi connectivity index (χ0v) is 8.62. The first-order valence-corrected chi connectivity index (χ1v) is 4.86. The van der Waals surface area contributed by atoms with Crippen molar-refractivity contribution in [1.82, 2.24) is 4.98 Å². The summed E-state index contributed by atoms with van der Waals surface area (Å²) in [5.41, 5.74) is 1.48. The summed E-state index contributed by atoms with van der Waals surface area (Å²) in [5.74, 6) is 0.613. The van der Waals surface area contributed by atoms with Crippen LogP contribution in [0, 0.1) is 17.2 Å². The van der Waals surface area contributed by atoms with E-state index in [-0.39, 0.29) is 0 Å². The van der Waals surface area contributed by atoms with Gasteiger partial charge in [0.1, 0.15) is 6.07 Å². The molecule has 1 unspecified atom stereocenters. The Morgan fingerprint density at radius 1 is 1.64 bits per heavy atom. The molecule has 0 amide bonds. The minimum absolute atomic E-state index is 0.613. The predicted octanol–water partition coefficient (Wildman–Crippen LogP) is 2.41. The van der Waals surface area contributed by atoms with Gasteiger partial charge >= 0.3 is 0 Å². The molecule has 0 aliphatic carbocycles. The lowest BCUT2D eigenvalue weighted by molar-refractivity contribution is 0.593. The monoisotopic (exact) mass is 189 g/mol. The maximum absolute atomic E-state index is 8.82. The van der Waals surface area contributed by atoms with Gasteiger partial charge in [0.15, 0.2) is 0 Å². The van der Waals surface area contributed by atoms with Gasteiger partial charge in [-0.15, -0.1) is 0 Å². The standard InChI is InChI=1S/C11H15N3/c1-3-9(2)7-14-11-8-13-5-4-10(11)6-12/h4-5,8-9,14H,3,7H2,1-2H3. The van der Waals surface area contributed by atoms with Gasteiger partial charge in [-0.2, -0.15) is 5.26 Å². The SMILES string of the molecule is CCC(C)CNc1cnccc1C#N. The lowest BCUT2D eigenvalue weighted by atomic mass is 10.1. The molecule has 0 aliphatic rings. The van der Waals surface area contributed by atoms with Crippen LogP contribution in [0.3, 0.4) is 0 Å². The minimum atomic E-state index is 0.613. The molecule has 0 bridgehead atoms. The van der Waals surface area contributed by atoms with E-state index in [9.17, 15) is 0 Å². The van der Waals surface area contributed by atoms with E-state index in [4.69, 9.17) is 5.26 Å². The molecule has 14 heavy (non-hydrogen) atoms. The number of nitrogens with zero attached hydrogens (tertiary/aromatic N) is 2. The molecule has 3 heteroatoms. The van der Waals surface area contributed by atoms with Gasteiger partial charge in [0.25, 0.3) is 0 Å². The van der Waals surface area contributed by atoms with Crippen LogP contribution in [0.4, 0.5) is 5.69 Å². The smallest absolute Gasteiger partial charge is 0.101 e. The van der Waals surface area contributed by atoms with Crippen LogP contribution in [-0.2, 0) is 0 Å². The highest BCUT2D eigenvalue weighted by molar-refractivity contribution is 5.55. The molecule has 0 aliphatic heterocycles. The Bertz CT molecular complexity index is 328. The minimum Gasteiger partial charge on any atom is -0.382 e. The first-order chi connectivity index (χ1) is 6.77. The van der Waals surface area contributed by atoms with Crippen LogP contribution in [0.25, 0.3) is 0 Å². The summed E-state index contributed by atoms with van der Waals surface area (Å²) in [6, 6.07) is 3.86. The highest BCUT2D eigenvalue weighted by Gasteiger charge is 2.02. The van der Waals surface area contributed by atoms with Crippen LogP contribution in [0.15, 0.2) is 18.5 Å². The van der Waals surface area contributed by atoms with Crippen molar-refractivity contribution in [1.29, 1.82) is 5.26 Å². The summed E-state index contributed by atoms with van der Waals surface area (Å²) in [7, 11) is 0. The zero-order valence-electron chi connectivity index (χ0n) is 8.62. The molecule has 1 heterocycles. The Balaban J connectivity index is 2.63. The van der Waals surface area contributed by atoms with Crippen molar-refractivity contribution < 1.29 is 0 Å². The molecule has 0 saturated carbocycles. The number of nitriles is 1. The van der Waals surface area contributed by atoms with Gasteiger partial charge in [-0.05, 0) is 12.0 Å².